The Kier molecular flexibility index (Phi) is 5.81. The second-order valence-electron chi connectivity index (χ2n) is 3.87. The Morgan fingerprint density at radius 2 is 2.18 bits per heavy atom. The maximum atomic E-state index is 13.4. The fourth-order valence-corrected chi connectivity index (χ4v) is 1.54. The van der Waals surface area contributed by atoms with E-state index in [-0.39, 0.29) is 5.82 Å². The Morgan fingerprint density at radius 3 is 2.82 bits per heavy atom. The van der Waals surface area contributed by atoms with Gasteiger partial charge in [-0.2, -0.15) is 5.26 Å². The molecule has 0 unspecified atom stereocenters. The molecule has 1 N–H and O–H groups in total. The SMILES string of the molecule is C=CCCCCCNc1ccc(C#N)cc1F. The summed E-state index contributed by atoms with van der Waals surface area (Å²) >= 11 is 0. The van der Waals surface area contributed by atoms with Crippen molar-refractivity contribution in [1.82, 2.24) is 0 Å². The maximum Gasteiger partial charge on any atom is 0.147 e. The van der Waals surface area contributed by atoms with Gasteiger partial charge in [-0.05, 0) is 37.5 Å². The van der Waals surface area contributed by atoms with E-state index >= 15 is 0 Å². The molecule has 2 nitrogen and oxygen atoms in total. The summed E-state index contributed by atoms with van der Waals surface area (Å²) in [7, 11) is 0. The van der Waals surface area contributed by atoms with E-state index in [2.05, 4.69) is 11.9 Å². The van der Waals surface area contributed by atoms with Crippen molar-refractivity contribution in [1.29, 1.82) is 5.26 Å². The van der Waals surface area contributed by atoms with Crippen LogP contribution in [0, 0.1) is 17.1 Å². The number of unbranched alkanes of at least 4 members (excludes halogenated alkanes) is 3. The molecular weight excluding hydrogens is 215 g/mol. The van der Waals surface area contributed by atoms with Crippen LogP contribution in [0.1, 0.15) is 31.2 Å². The van der Waals surface area contributed by atoms with E-state index in [0.29, 0.717) is 11.3 Å². The molecule has 1 rings (SSSR count). The van der Waals surface area contributed by atoms with Crippen LogP contribution in [0.25, 0.3) is 0 Å². The van der Waals surface area contributed by atoms with Crippen molar-refractivity contribution >= 4 is 5.69 Å². The predicted molar refractivity (Wildman–Crippen MR) is 68.3 cm³/mol. The van der Waals surface area contributed by atoms with Crippen molar-refractivity contribution in [2.45, 2.75) is 25.7 Å². The van der Waals surface area contributed by atoms with Gasteiger partial charge < -0.3 is 5.32 Å². The highest BCUT2D eigenvalue weighted by atomic mass is 19.1. The number of allylic oxidation sites excluding steroid dienone is 1. The molecule has 0 bridgehead atoms. The zero-order valence-electron chi connectivity index (χ0n) is 9.88. The van der Waals surface area contributed by atoms with Gasteiger partial charge in [0.2, 0.25) is 0 Å². The third-order valence-electron chi connectivity index (χ3n) is 2.50. The number of hydrogen-bond donors (Lipinski definition) is 1. The van der Waals surface area contributed by atoms with Crippen molar-refractivity contribution in [3.8, 4) is 6.07 Å². The van der Waals surface area contributed by atoms with Gasteiger partial charge in [0, 0.05) is 6.54 Å². The van der Waals surface area contributed by atoms with Gasteiger partial charge in [-0.25, -0.2) is 4.39 Å². The lowest BCUT2D eigenvalue weighted by atomic mass is 10.2. The highest BCUT2D eigenvalue weighted by molar-refractivity contribution is 5.48. The average Bonchev–Trinajstić information content (AvgIpc) is 2.35. The summed E-state index contributed by atoms with van der Waals surface area (Å²) in [4.78, 5) is 0. The van der Waals surface area contributed by atoms with E-state index in [4.69, 9.17) is 5.26 Å². The zero-order valence-corrected chi connectivity index (χ0v) is 9.88. The van der Waals surface area contributed by atoms with Gasteiger partial charge in [-0.1, -0.05) is 12.5 Å². The molecule has 0 aliphatic rings. The Morgan fingerprint density at radius 1 is 1.35 bits per heavy atom. The van der Waals surface area contributed by atoms with E-state index in [0.717, 1.165) is 32.2 Å². The first-order chi connectivity index (χ1) is 8.27. The molecule has 0 amide bonds. The van der Waals surface area contributed by atoms with Gasteiger partial charge in [0.05, 0.1) is 17.3 Å². The number of halogens is 1. The number of rotatable bonds is 7. The van der Waals surface area contributed by atoms with Crippen LogP contribution in [0.15, 0.2) is 30.9 Å². The van der Waals surface area contributed by atoms with Crippen LogP contribution in [0.5, 0.6) is 0 Å². The standard InChI is InChI=1S/C14H17FN2/c1-2-3-4-5-6-9-17-14-8-7-12(11-16)10-13(14)15/h2,7-8,10,17H,1,3-6,9H2. The summed E-state index contributed by atoms with van der Waals surface area (Å²) in [6.45, 7) is 4.41. The predicted octanol–water partition coefficient (Wildman–Crippen LogP) is 3.86. The Bertz CT molecular complexity index is 407. The van der Waals surface area contributed by atoms with Crippen LogP contribution in [0.2, 0.25) is 0 Å². The molecule has 1 aromatic rings. The number of hydrogen-bond acceptors (Lipinski definition) is 2. The summed E-state index contributed by atoms with van der Waals surface area (Å²) in [6, 6.07) is 6.38. The summed E-state index contributed by atoms with van der Waals surface area (Å²) in [6.07, 6.45) is 6.18. The monoisotopic (exact) mass is 232 g/mol. The first-order valence-corrected chi connectivity index (χ1v) is 5.82. The molecule has 1 aromatic carbocycles. The fraction of sp³-hybridized carbons (Fsp3) is 0.357. The largest absolute Gasteiger partial charge is 0.383 e. The molecule has 0 saturated carbocycles. The third-order valence-corrected chi connectivity index (χ3v) is 2.50. The summed E-state index contributed by atoms with van der Waals surface area (Å²) < 4.78 is 13.4. The van der Waals surface area contributed by atoms with Crippen LogP contribution < -0.4 is 5.32 Å². The summed E-state index contributed by atoms with van der Waals surface area (Å²) in [5, 5.41) is 11.6. The second kappa shape index (κ2) is 7.45. The van der Waals surface area contributed by atoms with Crippen molar-refractivity contribution in [3.63, 3.8) is 0 Å². The van der Waals surface area contributed by atoms with Gasteiger partial charge in [-0.15, -0.1) is 6.58 Å². The molecule has 0 fully saturated rings. The van der Waals surface area contributed by atoms with E-state index in [1.165, 1.54) is 6.07 Å². The van der Waals surface area contributed by atoms with E-state index in [1.807, 2.05) is 12.1 Å². The van der Waals surface area contributed by atoms with Gasteiger partial charge in [-0.3, -0.25) is 0 Å². The zero-order chi connectivity index (χ0) is 12.5. The topological polar surface area (TPSA) is 35.8 Å². The number of anilines is 1. The minimum absolute atomic E-state index is 0.346. The van der Waals surface area contributed by atoms with Crippen LogP contribution in [0.3, 0.4) is 0 Å². The minimum atomic E-state index is -0.366. The number of nitrogens with one attached hydrogen (secondary N) is 1. The molecule has 0 aliphatic carbocycles. The normalized spacial score (nSPS) is 9.65. The molecule has 0 aliphatic heterocycles. The first kappa shape index (κ1) is 13.2. The molecule has 0 saturated heterocycles. The minimum Gasteiger partial charge on any atom is -0.383 e. The lowest BCUT2D eigenvalue weighted by molar-refractivity contribution is 0.627. The number of nitriles is 1. The van der Waals surface area contributed by atoms with Crippen LogP contribution in [-0.4, -0.2) is 6.54 Å². The Hall–Kier alpha value is -1.82. The van der Waals surface area contributed by atoms with Gasteiger partial charge in [0.1, 0.15) is 5.82 Å². The second-order valence-corrected chi connectivity index (χ2v) is 3.87. The fourth-order valence-electron chi connectivity index (χ4n) is 1.54. The van der Waals surface area contributed by atoms with Crippen LogP contribution in [0.4, 0.5) is 10.1 Å². The lowest BCUT2D eigenvalue weighted by Gasteiger charge is -2.07. The molecular formula is C14H17FN2. The highest BCUT2D eigenvalue weighted by Gasteiger charge is 2.02. The molecule has 0 atom stereocenters. The van der Waals surface area contributed by atoms with Gasteiger partial charge >= 0.3 is 0 Å². The quantitative estimate of drug-likeness (QED) is 0.572. The van der Waals surface area contributed by atoms with Gasteiger partial charge in [0.15, 0.2) is 0 Å². The first-order valence-electron chi connectivity index (χ1n) is 5.82. The molecule has 0 radical (unpaired) electrons. The summed E-state index contributed by atoms with van der Waals surface area (Å²) in [5.74, 6) is -0.366. The number of nitrogens with zero attached hydrogens (tertiary/aromatic N) is 1. The third kappa shape index (κ3) is 4.69. The molecule has 17 heavy (non-hydrogen) atoms. The Balaban J connectivity index is 2.32. The van der Waals surface area contributed by atoms with Crippen molar-refractivity contribution in [2.75, 3.05) is 11.9 Å². The smallest absolute Gasteiger partial charge is 0.147 e. The van der Waals surface area contributed by atoms with Gasteiger partial charge in [0.25, 0.3) is 0 Å². The van der Waals surface area contributed by atoms with Crippen molar-refractivity contribution < 1.29 is 4.39 Å². The van der Waals surface area contributed by atoms with Crippen LogP contribution >= 0.6 is 0 Å². The molecule has 0 heterocycles. The van der Waals surface area contributed by atoms with E-state index < -0.39 is 0 Å². The Labute approximate surface area is 102 Å². The lowest BCUT2D eigenvalue weighted by Crippen LogP contribution is -2.03. The molecule has 0 aromatic heterocycles. The van der Waals surface area contributed by atoms with Crippen molar-refractivity contribution in [3.05, 3.63) is 42.2 Å². The van der Waals surface area contributed by atoms with E-state index in [9.17, 15) is 4.39 Å². The van der Waals surface area contributed by atoms with E-state index in [1.54, 1.807) is 12.1 Å². The average molecular weight is 232 g/mol. The van der Waals surface area contributed by atoms with Crippen molar-refractivity contribution in [2.24, 2.45) is 0 Å². The maximum absolute atomic E-state index is 13.4. The van der Waals surface area contributed by atoms with Crippen LogP contribution in [-0.2, 0) is 0 Å². The number of benzene rings is 1. The highest BCUT2D eigenvalue weighted by Crippen LogP contribution is 2.15. The molecule has 3 heteroatoms. The summed E-state index contributed by atoms with van der Waals surface area (Å²) in [5.41, 5.74) is 0.812. The molecule has 0 spiro atoms. The molecule has 90 valence electrons.